The summed E-state index contributed by atoms with van der Waals surface area (Å²) in [5.41, 5.74) is 5.27. The zero-order valence-corrected chi connectivity index (χ0v) is 7.62. The van der Waals surface area contributed by atoms with Crippen LogP contribution in [-0.2, 0) is 10.8 Å². The molecular weight excluding hydrogens is 146 g/mol. The molecule has 2 N–H and O–H groups in total. The molecule has 0 aliphatic heterocycles. The van der Waals surface area contributed by atoms with Gasteiger partial charge in [0.15, 0.2) is 0 Å². The Balaban J connectivity index is 3.49. The van der Waals surface area contributed by atoms with Crippen LogP contribution in [0.4, 0.5) is 0 Å². The van der Waals surface area contributed by atoms with Gasteiger partial charge in [0.25, 0.3) is 0 Å². The quantitative estimate of drug-likeness (QED) is 0.654. The molecule has 0 fully saturated rings. The minimum Gasteiger partial charge on any atom is -0.330 e. The number of hydrogen-bond acceptors (Lipinski definition) is 2. The van der Waals surface area contributed by atoms with Gasteiger partial charge in [-0.15, -0.1) is 0 Å². The molecule has 2 nitrogen and oxygen atoms in total. The summed E-state index contributed by atoms with van der Waals surface area (Å²) in [5.74, 6) is 0.654. The van der Waals surface area contributed by atoms with Crippen molar-refractivity contribution in [3.8, 4) is 0 Å². The lowest BCUT2D eigenvalue weighted by Gasteiger charge is -2.07. The minimum absolute atomic E-state index is 0.327. The molecule has 0 saturated carbocycles. The molecule has 0 aliphatic carbocycles. The lowest BCUT2D eigenvalue weighted by atomic mass is 10.3. The van der Waals surface area contributed by atoms with E-state index in [2.05, 4.69) is 6.92 Å². The van der Waals surface area contributed by atoms with Gasteiger partial charge in [0.2, 0.25) is 0 Å². The van der Waals surface area contributed by atoms with Crippen LogP contribution in [0.2, 0.25) is 0 Å². The molecule has 0 amide bonds. The summed E-state index contributed by atoms with van der Waals surface area (Å²) < 4.78 is 11.2. The first-order valence-electron chi connectivity index (χ1n) is 3.79. The lowest BCUT2D eigenvalue weighted by molar-refractivity contribution is 0.662. The second-order valence-corrected chi connectivity index (χ2v) is 4.45. The highest BCUT2D eigenvalue weighted by Gasteiger charge is 2.07. The topological polar surface area (TPSA) is 43.1 Å². The fourth-order valence-corrected chi connectivity index (χ4v) is 1.99. The van der Waals surface area contributed by atoms with Crippen molar-refractivity contribution in [1.82, 2.24) is 0 Å². The summed E-state index contributed by atoms with van der Waals surface area (Å²) in [6, 6.07) is 0. The maximum absolute atomic E-state index is 11.2. The highest BCUT2D eigenvalue weighted by molar-refractivity contribution is 7.85. The molecule has 0 aromatic carbocycles. The fourth-order valence-electron chi connectivity index (χ4n) is 0.855. The van der Waals surface area contributed by atoms with Gasteiger partial charge < -0.3 is 5.73 Å². The van der Waals surface area contributed by atoms with E-state index >= 15 is 0 Å². The maximum Gasteiger partial charge on any atom is 0.0360 e. The van der Waals surface area contributed by atoms with Crippen molar-refractivity contribution in [3.63, 3.8) is 0 Å². The summed E-state index contributed by atoms with van der Waals surface area (Å²) in [4.78, 5) is 0. The van der Waals surface area contributed by atoms with Crippen LogP contribution in [0.1, 0.15) is 26.7 Å². The van der Waals surface area contributed by atoms with E-state index < -0.39 is 10.8 Å². The molecule has 0 spiro atoms. The first-order chi connectivity index (χ1) is 4.72. The van der Waals surface area contributed by atoms with Gasteiger partial charge in [0.1, 0.15) is 0 Å². The third kappa shape index (κ3) is 4.01. The van der Waals surface area contributed by atoms with Gasteiger partial charge in [-0.3, -0.25) is 4.21 Å². The first kappa shape index (κ1) is 10.1. The molecule has 0 radical (unpaired) electrons. The molecule has 62 valence electrons. The summed E-state index contributed by atoms with van der Waals surface area (Å²) in [5, 5.41) is 0.327. The fraction of sp³-hybridized carbons (Fsp3) is 1.00. The Morgan fingerprint density at radius 3 is 2.60 bits per heavy atom. The van der Waals surface area contributed by atoms with Crippen LogP contribution in [-0.4, -0.2) is 21.8 Å². The van der Waals surface area contributed by atoms with Crippen molar-refractivity contribution in [3.05, 3.63) is 0 Å². The standard InChI is InChI=1S/C7H17NOS/c1-3-4-7(2)10(9)6-5-8/h7H,3-6,8H2,1-2H3. The Kier molecular flexibility index (Phi) is 5.93. The van der Waals surface area contributed by atoms with Gasteiger partial charge in [-0.1, -0.05) is 20.3 Å². The molecule has 0 bridgehead atoms. The van der Waals surface area contributed by atoms with E-state index in [0.29, 0.717) is 17.5 Å². The highest BCUT2D eigenvalue weighted by Crippen LogP contribution is 2.03. The molecule has 0 rings (SSSR count). The summed E-state index contributed by atoms with van der Waals surface area (Å²) >= 11 is 0. The molecular formula is C7H17NOS. The number of rotatable bonds is 5. The molecule has 3 heteroatoms. The minimum atomic E-state index is -0.690. The van der Waals surface area contributed by atoms with E-state index in [1.807, 2.05) is 6.92 Å². The predicted molar refractivity (Wildman–Crippen MR) is 46.4 cm³/mol. The molecule has 0 heterocycles. The van der Waals surface area contributed by atoms with E-state index in [0.717, 1.165) is 12.8 Å². The Labute approximate surface area is 65.6 Å². The maximum atomic E-state index is 11.2. The van der Waals surface area contributed by atoms with E-state index in [1.54, 1.807) is 0 Å². The Bertz CT molecular complexity index is 106. The average Bonchev–Trinajstić information content (AvgIpc) is 1.89. The number of nitrogens with two attached hydrogens (primary N) is 1. The second-order valence-electron chi connectivity index (χ2n) is 2.47. The van der Waals surface area contributed by atoms with E-state index in [-0.39, 0.29) is 0 Å². The molecule has 0 aromatic heterocycles. The van der Waals surface area contributed by atoms with Crippen LogP contribution in [0.5, 0.6) is 0 Å². The summed E-state index contributed by atoms with van der Waals surface area (Å²) in [7, 11) is -0.690. The van der Waals surface area contributed by atoms with Gasteiger partial charge in [-0.2, -0.15) is 0 Å². The lowest BCUT2D eigenvalue weighted by Crippen LogP contribution is -2.19. The predicted octanol–water partition coefficient (Wildman–Crippen LogP) is 0.882. The summed E-state index contributed by atoms with van der Waals surface area (Å²) in [6.45, 7) is 4.67. The van der Waals surface area contributed by atoms with Gasteiger partial charge in [-0.05, 0) is 6.42 Å². The van der Waals surface area contributed by atoms with Crippen molar-refractivity contribution >= 4 is 10.8 Å². The Morgan fingerprint density at radius 2 is 2.20 bits per heavy atom. The largest absolute Gasteiger partial charge is 0.330 e. The van der Waals surface area contributed by atoms with Gasteiger partial charge in [0, 0.05) is 28.3 Å². The van der Waals surface area contributed by atoms with Crippen molar-refractivity contribution < 1.29 is 4.21 Å². The van der Waals surface area contributed by atoms with Crippen LogP contribution < -0.4 is 5.73 Å². The third-order valence-electron chi connectivity index (χ3n) is 1.46. The summed E-state index contributed by atoms with van der Waals surface area (Å²) in [6.07, 6.45) is 2.16. The van der Waals surface area contributed by atoms with E-state index in [9.17, 15) is 4.21 Å². The number of hydrogen-bond donors (Lipinski definition) is 1. The van der Waals surface area contributed by atoms with Gasteiger partial charge in [0.05, 0.1) is 0 Å². The smallest absolute Gasteiger partial charge is 0.0360 e. The molecule has 0 aliphatic rings. The SMILES string of the molecule is CCCC(C)S(=O)CCN. The van der Waals surface area contributed by atoms with Crippen molar-refractivity contribution in [2.45, 2.75) is 31.9 Å². The first-order valence-corrected chi connectivity index (χ1v) is 5.17. The highest BCUT2D eigenvalue weighted by atomic mass is 32.2. The van der Waals surface area contributed by atoms with Crippen LogP contribution >= 0.6 is 0 Å². The molecule has 10 heavy (non-hydrogen) atoms. The van der Waals surface area contributed by atoms with Crippen LogP contribution in [0, 0.1) is 0 Å². The third-order valence-corrected chi connectivity index (χ3v) is 3.23. The van der Waals surface area contributed by atoms with Crippen molar-refractivity contribution in [2.75, 3.05) is 12.3 Å². The Hall–Kier alpha value is 0.110. The average molecular weight is 163 g/mol. The second kappa shape index (κ2) is 5.86. The molecule has 2 atom stereocenters. The normalized spacial score (nSPS) is 16.7. The molecule has 2 unspecified atom stereocenters. The van der Waals surface area contributed by atoms with Crippen LogP contribution in [0.15, 0.2) is 0 Å². The van der Waals surface area contributed by atoms with E-state index in [1.165, 1.54) is 0 Å². The van der Waals surface area contributed by atoms with Crippen molar-refractivity contribution in [2.24, 2.45) is 5.73 Å². The van der Waals surface area contributed by atoms with Gasteiger partial charge in [-0.25, -0.2) is 0 Å². The van der Waals surface area contributed by atoms with E-state index in [4.69, 9.17) is 5.73 Å². The zero-order valence-electron chi connectivity index (χ0n) is 6.80. The zero-order chi connectivity index (χ0) is 7.98. The van der Waals surface area contributed by atoms with Crippen LogP contribution in [0.25, 0.3) is 0 Å². The molecule has 0 saturated heterocycles. The molecule has 0 aromatic rings. The van der Waals surface area contributed by atoms with Crippen LogP contribution in [0.3, 0.4) is 0 Å². The monoisotopic (exact) mass is 163 g/mol. The van der Waals surface area contributed by atoms with Gasteiger partial charge >= 0.3 is 0 Å². The Morgan fingerprint density at radius 1 is 1.60 bits per heavy atom. The van der Waals surface area contributed by atoms with Crippen molar-refractivity contribution in [1.29, 1.82) is 0 Å².